The van der Waals surface area contributed by atoms with Gasteiger partial charge >= 0.3 is 0 Å². The van der Waals surface area contributed by atoms with E-state index >= 15 is 0 Å². The molecule has 26 heavy (non-hydrogen) atoms. The fraction of sp³-hybridized carbons (Fsp3) is 0.524. The minimum Gasteiger partial charge on any atom is -0.381 e. The van der Waals surface area contributed by atoms with E-state index < -0.39 is 5.41 Å². The molecule has 1 fully saturated rings. The minimum absolute atomic E-state index is 0.101. The zero-order chi connectivity index (χ0) is 18.6. The molecule has 2 aromatic rings. The van der Waals surface area contributed by atoms with Gasteiger partial charge < -0.3 is 14.6 Å². The smallest absolute Gasteiger partial charge is 0.227 e. The standard InChI is InChI=1S/C21H28N2O3/c1-4-16(3)22-20(24)21(9-11-25-12-10-21)14-17-13-19(23-26-17)18-8-6-5-7-15(18)2/h5-8,13,16H,4,9-12,14H2,1-3H3,(H,22,24)/t16-/m0/s1. The molecule has 140 valence electrons. The second-order valence-corrected chi connectivity index (χ2v) is 7.35. The summed E-state index contributed by atoms with van der Waals surface area (Å²) in [7, 11) is 0. The lowest BCUT2D eigenvalue weighted by Gasteiger charge is -2.35. The minimum atomic E-state index is -0.482. The molecule has 2 heterocycles. The van der Waals surface area contributed by atoms with Crippen LogP contribution in [-0.4, -0.2) is 30.3 Å². The average Bonchev–Trinajstić information content (AvgIpc) is 3.10. The Bertz CT molecular complexity index is 747. The van der Waals surface area contributed by atoms with Crippen molar-refractivity contribution >= 4 is 5.91 Å². The molecule has 5 heteroatoms. The van der Waals surface area contributed by atoms with Crippen LogP contribution in [0.3, 0.4) is 0 Å². The SMILES string of the molecule is CC[C@H](C)NC(=O)C1(Cc2cc(-c3ccccc3C)no2)CCOCC1. The molecule has 0 saturated carbocycles. The van der Waals surface area contributed by atoms with Crippen LogP contribution in [0.2, 0.25) is 0 Å². The number of hydrogen-bond acceptors (Lipinski definition) is 4. The summed E-state index contributed by atoms with van der Waals surface area (Å²) in [5.41, 5.74) is 2.56. The first kappa shape index (κ1) is 18.6. The second kappa shape index (κ2) is 8.04. The number of carbonyl (C=O) groups is 1. The Morgan fingerprint density at radius 3 is 2.73 bits per heavy atom. The summed E-state index contributed by atoms with van der Waals surface area (Å²) in [6.07, 6.45) is 2.88. The Hall–Kier alpha value is -2.14. The average molecular weight is 356 g/mol. The highest BCUT2D eigenvalue weighted by Crippen LogP contribution is 2.36. The number of nitrogens with zero attached hydrogens (tertiary/aromatic N) is 1. The van der Waals surface area contributed by atoms with E-state index in [-0.39, 0.29) is 11.9 Å². The van der Waals surface area contributed by atoms with E-state index in [0.717, 1.165) is 29.0 Å². The van der Waals surface area contributed by atoms with Crippen molar-refractivity contribution < 1.29 is 14.1 Å². The van der Waals surface area contributed by atoms with Crippen molar-refractivity contribution in [3.63, 3.8) is 0 Å². The number of aryl methyl sites for hydroxylation is 1. The maximum absolute atomic E-state index is 13.0. The zero-order valence-corrected chi connectivity index (χ0v) is 15.9. The van der Waals surface area contributed by atoms with Crippen molar-refractivity contribution in [2.45, 2.75) is 52.5 Å². The fourth-order valence-electron chi connectivity index (χ4n) is 3.44. The van der Waals surface area contributed by atoms with Crippen molar-refractivity contribution in [3.05, 3.63) is 41.7 Å². The normalized spacial score (nSPS) is 17.7. The molecule has 0 spiro atoms. The van der Waals surface area contributed by atoms with Gasteiger partial charge in [0, 0.05) is 37.3 Å². The van der Waals surface area contributed by atoms with Gasteiger partial charge in [-0.15, -0.1) is 0 Å². The molecule has 1 saturated heterocycles. The number of rotatable bonds is 6. The van der Waals surface area contributed by atoms with Gasteiger partial charge in [-0.3, -0.25) is 4.79 Å². The predicted molar refractivity (Wildman–Crippen MR) is 101 cm³/mol. The predicted octanol–water partition coefficient (Wildman–Crippen LogP) is 3.90. The van der Waals surface area contributed by atoms with Gasteiger partial charge in [0.2, 0.25) is 5.91 Å². The van der Waals surface area contributed by atoms with Crippen LogP contribution in [0.4, 0.5) is 0 Å². The van der Waals surface area contributed by atoms with E-state index in [2.05, 4.69) is 30.4 Å². The van der Waals surface area contributed by atoms with E-state index in [1.807, 2.05) is 31.2 Å². The van der Waals surface area contributed by atoms with Crippen LogP contribution in [0.25, 0.3) is 11.3 Å². The summed E-state index contributed by atoms with van der Waals surface area (Å²) >= 11 is 0. The molecular formula is C21H28N2O3. The lowest BCUT2D eigenvalue weighted by molar-refractivity contribution is -0.137. The van der Waals surface area contributed by atoms with Gasteiger partial charge in [-0.05, 0) is 38.7 Å². The van der Waals surface area contributed by atoms with Crippen LogP contribution in [0, 0.1) is 12.3 Å². The first-order chi connectivity index (χ1) is 12.5. The van der Waals surface area contributed by atoms with Crippen LogP contribution >= 0.6 is 0 Å². The number of carbonyl (C=O) groups excluding carboxylic acids is 1. The Morgan fingerprint density at radius 2 is 2.04 bits per heavy atom. The lowest BCUT2D eigenvalue weighted by atomic mass is 9.75. The Balaban J connectivity index is 1.82. The van der Waals surface area contributed by atoms with E-state index in [0.29, 0.717) is 32.5 Å². The first-order valence-corrected chi connectivity index (χ1v) is 9.44. The summed E-state index contributed by atoms with van der Waals surface area (Å²) in [4.78, 5) is 13.0. The number of ether oxygens (including phenoxy) is 1. The maximum Gasteiger partial charge on any atom is 0.227 e. The molecule has 1 atom stereocenters. The van der Waals surface area contributed by atoms with Crippen LogP contribution < -0.4 is 5.32 Å². The van der Waals surface area contributed by atoms with Gasteiger partial charge in [-0.25, -0.2) is 0 Å². The topological polar surface area (TPSA) is 64.4 Å². The number of aromatic nitrogens is 1. The highest BCUT2D eigenvalue weighted by atomic mass is 16.5. The lowest BCUT2D eigenvalue weighted by Crippen LogP contribution is -2.48. The molecular weight excluding hydrogens is 328 g/mol. The Morgan fingerprint density at radius 1 is 1.31 bits per heavy atom. The van der Waals surface area contributed by atoms with Gasteiger partial charge in [-0.2, -0.15) is 0 Å². The summed E-state index contributed by atoms with van der Waals surface area (Å²) in [6.45, 7) is 7.38. The quantitative estimate of drug-likeness (QED) is 0.852. The van der Waals surface area contributed by atoms with E-state index in [1.54, 1.807) is 0 Å². The monoisotopic (exact) mass is 356 g/mol. The van der Waals surface area contributed by atoms with Gasteiger partial charge in [0.1, 0.15) is 11.5 Å². The molecule has 1 aromatic carbocycles. The number of benzene rings is 1. The maximum atomic E-state index is 13.0. The molecule has 0 radical (unpaired) electrons. The Labute approximate surface area is 155 Å². The van der Waals surface area contributed by atoms with Crippen molar-refractivity contribution in [1.29, 1.82) is 0 Å². The molecule has 1 aliphatic rings. The second-order valence-electron chi connectivity index (χ2n) is 7.35. The molecule has 3 rings (SSSR count). The first-order valence-electron chi connectivity index (χ1n) is 9.44. The number of hydrogen-bond donors (Lipinski definition) is 1. The summed E-state index contributed by atoms with van der Waals surface area (Å²) in [5.74, 6) is 0.855. The third kappa shape index (κ3) is 3.98. The Kier molecular flexibility index (Phi) is 5.77. The van der Waals surface area contributed by atoms with Gasteiger partial charge in [0.25, 0.3) is 0 Å². The van der Waals surface area contributed by atoms with Crippen LogP contribution in [0.15, 0.2) is 34.9 Å². The van der Waals surface area contributed by atoms with Crippen molar-refractivity contribution in [1.82, 2.24) is 10.5 Å². The largest absolute Gasteiger partial charge is 0.381 e. The van der Waals surface area contributed by atoms with Gasteiger partial charge in [-0.1, -0.05) is 36.3 Å². The van der Waals surface area contributed by atoms with Crippen LogP contribution in [0.5, 0.6) is 0 Å². The fourth-order valence-corrected chi connectivity index (χ4v) is 3.44. The highest BCUT2D eigenvalue weighted by Gasteiger charge is 2.41. The van der Waals surface area contributed by atoms with E-state index in [4.69, 9.17) is 9.26 Å². The molecule has 1 aromatic heterocycles. The molecule has 0 aliphatic carbocycles. The summed E-state index contributed by atoms with van der Waals surface area (Å²) < 4.78 is 11.1. The molecule has 1 N–H and O–H groups in total. The molecule has 5 nitrogen and oxygen atoms in total. The summed E-state index contributed by atoms with van der Waals surface area (Å²) in [6, 6.07) is 10.2. The zero-order valence-electron chi connectivity index (χ0n) is 15.9. The van der Waals surface area contributed by atoms with Gasteiger partial charge in [0.15, 0.2) is 0 Å². The third-order valence-electron chi connectivity index (χ3n) is 5.41. The highest BCUT2D eigenvalue weighted by molar-refractivity contribution is 5.83. The number of nitrogens with one attached hydrogen (secondary N) is 1. The van der Waals surface area contributed by atoms with Gasteiger partial charge in [0.05, 0.1) is 5.41 Å². The van der Waals surface area contributed by atoms with Crippen LogP contribution in [0.1, 0.15) is 44.4 Å². The van der Waals surface area contributed by atoms with E-state index in [9.17, 15) is 4.79 Å². The molecule has 1 amide bonds. The molecule has 0 bridgehead atoms. The molecule has 0 unspecified atom stereocenters. The number of amides is 1. The van der Waals surface area contributed by atoms with E-state index in [1.165, 1.54) is 0 Å². The van der Waals surface area contributed by atoms with Crippen molar-refractivity contribution in [3.8, 4) is 11.3 Å². The van der Waals surface area contributed by atoms with Crippen LogP contribution in [-0.2, 0) is 16.0 Å². The molecule has 1 aliphatic heterocycles. The van der Waals surface area contributed by atoms with Crippen molar-refractivity contribution in [2.24, 2.45) is 5.41 Å². The third-order valence-corrected chi connectivity index (χ3v) is 5.41. The van der Waals surface area contributed by atoms with Crippen molar-refractivity contribution in [2.75, 3.05) is 13.2 Å². The summed E-state index contributed by atoms with van der Waals surface area (Å²) in [5, 5.41) is 7.39.